The van der Waals surface area contributed by atoms with Gasteiger partial charge in [0.15, 0.2) is 5.82 Å². The predicted molar refractivity (Wildman–Crippen MR) is 115 cm³/mol. The van der Waals surface area contributed by atoms with Crippen LogP contribution in [-0.4, -0.2) is 22.3 Å². The van der Waals surface area contributed by atoms with Crippen molar-refractivity contribution in [2.24, 2.45) is 0 Å². The molecule has 2 heterocycles. The summed E-state index contributed by atoms with van der Waals surface area (Å²) in [6.07, 6.45) is 1.58. The summed E-state index contributed by atoms with van der Waals surface area (Å²) < 4.78 is 6.97. The van der Waals surface area contributed by atoms with Crippen LogP contribution in [0.25, 0.3) is 0 Å². The number of benzene rings is 2. The summed E-state index contributed by atoms with van der Waals surface area (Å²) in [7, 11) is 0. The topological polar surface area (TPSA) is 59.1 Å². The number of anilines is 4. The third-order valence-corrected chi connectivity index (χ3v) is 5.45. The Morgan fingerprint density at radius 1 is 1.12 bits per heavy atom. The lowest BCUT2D eigenvalue weighted by Gasteiger charge is -2.11. The minimum atomic E-state index is 0.463. The van der Waals surface area contributed by atoms with Crippen LogP contribution in [0, 0.1) is 3.57 Å². The van der Waals surface area contributed by atoms with E-state index in [1.807, 2.05) is 30.3 Å². The van der Waals surface area contributed by atoms with E-state index in [4.69, 9.17) is 16.3 Å². The lowest BCUT2D eigenvalue weighted by Crippen LogP contribution is -2.02. The fourth-order valence-electron chi connectivity index (χ4n) is 2.48. The van der Waals surface area contributed by atoms with Crippen LogP contribution in [0.5, 0.6) is 5.75 Å². The Hall–Kier alpha value is -1.71. The molecule has 5 nitrogen and oxygen atoms in total. The van der Waals surface area contributed by atoms with E-state index in [1.165, 1.54) is 0 Å². The van der Waals surface area contributed by atoms with Crippen molar-refractivity contribution in [2.75, 3.05) is 23.0 Å². The first-order valence-electron chi connectivity index (χ1n) is 7.88. The number of halogens is 2. The molecule has 8 heteroatoms. The van der Waals surface area contributed by atoms with Crippen molar-refractivity contribution in [2.45, 2.75) is 4.90 Å². The van der Waals surface area contributed by atoms with E-state index in [2.05, 4.69) is 55.3 Å². The van der Waals surface area contributed by atoms with Crippen LogP contribution in [-0.2, 0) is 0 Å². The number of rotatable bonds is 0. The molecule has 6 bridgehead atoms. The summed E-state index contributed by atoms with van der Waals surface area (Å²) in [6, 6.07) is 14.1. The van der Waals surface area contributed by atoms with Crippen molar-refractivity contribution in [3.05, 3.63) is 57.3 Å². The highest BCUT2D eigenvalue weighted by Gasteiger charge is 2.09. The SMILES string of the molecule is Clc1cnc2nc1Nc1cccc(c1)SCCOc1cc(I)cc(c1)N2. The number of fused-ring (bicyclic) bond motifs is 6. The summed E-state index contributed by atoms with van der Waals surface area (Å²) >= 11 is 10.3. The zero-order valence-corrected chi connectivity index (χ0v) is 17.2. The van der Waals surface area contributed by atoms with Gasteiger partial charge in [-0.05, 0) is 52.9 Å². The first kappa shape index (κ1) is 17.7. The maximum atomic E-state index is 6.27. The third-order valence-electron chi connectivity index (χ3n) is 3.59. The van der Waals surface area contributed by atoms with Gasteiger partial charge in [-0.15, -0.1) is 11.8 Å². The van der Waals surface area contributed by atoms with E-state index in [0.29, 0.717) is 23.4 Å². The molecule has 0 saturated heterocycles. The van der Waals surface area contributed by atoms with Crippen LogP contribution in [0.4, 0.5) is 23.1 Å². The Morgan fingerprint density at radius 3 is 2.96 bits per heavy atom. The highest BCUT2D eigenvalue weighted by atomic mass is 127. The zero-order chi connectivity index (χ0) is 17.9. The highest BCUT2D eigenvalue weighted by molar-refractivity contribution is 14.1. The third kappa shape index (κ3) is 4.33. The number of aromatic nitrogens is 2. The minimum absolute atomic E-state index is 0.463. The molecule has 4 rings (SSSR count). The van der Waals surface area contributed by atoms with Crippen molar-refractivity contribution in [1.29, 1.82) is 0 Å². The summed E-state index contributed by atoms with van der Waals surface area (Å²) in [6.45, 7) is 0.623. The van der Waals surface area contributed by atoms with Crippen molar-refractivity contribution in [3.63, 3.8) is 0 Å². The van der Waals surface area contributed by atoms with E-state index in [9.17, 15) is 0 Å². The van der Waals surface area contributed by atoms with Gasteiger partial charge >= 0.3 is 0 Å². The molecule has 2 aromatic carbocycles. The molecule has 0 saturated carbocycles. The second-order valence-corrected chi connectivity index (χ2v) is 8.36. The molecule has 0 fully saturated rings. The van der Waals surface area contributed by atoms with E-state index in [-0.39, 0.29) is 0 Å². The lowest BCUT2D eigenvalue weighted by molar-refractivity contribution is 0.344. The molecule has 0 amide bonds. The fraction of sp³-hybridized carbons (Fsp3) is 0.111. The summed E-state index contributed by atoms with van der Waals surface area (Å²) in [4.78, 5) is 9.93. The maximum Gasteiger partial charge on any atom is 0.229 e. The molecule has 1 aliphatic rings. The predicted octanol–water partition coefficient (Wildman–Crippen LogP) is 5.71. The Morgan fingerprint density at radius 2 is 2.04 bits per heavy atom. The van der Waals surface area contributed by atoms with Crippen molar-refractivity contribution >= 4 is 69.1 Å². The van der Waals surface area contributed by atoms with Crippen LogP contribution in [0.3, 0.4) is 0 Å². The molecule has 0 spiro atoms. The number of hydrogen-bond donors (Lipinski definition) is 2. The lowest BCUT2D eigenvalue weighted by atomic mass is 10.3. The van der Waals surface area contributed by atoms with E-state index in [0.717, 1.165) is 31.3 Å². The number of hydrogen-bond acceptors (Lipinski definition) is 6. The van der Waals surface area contributed by atoms with Gasteiger partial charge < -0.3 is 15.4 Å². The number of nitrogens with one attached hydrogen (secondary N) is 2. The molecule has 0 radical (unpaired) electrons. The largest absolute Gasteiger partial charge is 0.493 e. The molecule has 0 unspecified atom stereocenters. The molecule has 0 aliphatic carbocycles. The molecule has 2 N–H and O–H groups in total. The molecular formula is C18H14ClIN4OS. The van der Waals surface area contributed by atoms with Gasteiger partial charge in [-0.2, -0.15) is 4.98 Å². The minimum Gasteiger partial charge on any atom is -0.493 e. The summed E-state index contributed by atoms with van der Waals surface area (Å²) in [5.41, 5.74) is 1.79. The monoisotopic (exact) mass is 496 g/mol. The van der Waals surface area contributed by atoms with E-state index < -0.39 is 0 Å². The van der Waals surface area contributed by atoms with Gasteiger partial charge in [0.2, 0.25) is 5.95 Å². The normalized spacial score (nSPS) is 13.5. The van der Waals surface area contributed by atoms with Crippen molar-refractivity contribution < 1.29 is 4.74 Å². The summed E-state index contributed by atoms with van der Waals surface area (Å²) in [5.74, 6) is 2.69. The Balaban J connectivity index is 1.75. The van der Waals surface area contributed by atoms with Crippen LogP contribution >= 0.6 is 46.0 Å². The van der Waals surface area contributed by atoms with Crippen molar-refractivity contribution in [1.82, 2.24) is 9.97 Å². The second kappa shape index (κ2) is 7.89. The van der Waals surface area contributed by atoms with Crippen LogP contribution in [0.1, 0.15) is 0 Å². The molecule has 3 aromatic rings. The second-order valence-electron chi connectivity index (χ2n) is 5.54. The van der Waals surface area contributed by atoms with E-state index >= 15 is 0 Å². The van der Waals surface area contributed by atoms with Crippen LogP contribution in [0.15, 0.2) is 53.6 Å². The van der Waals surface area contributed by atoms with E-state index in [1.54, 1.807) is 18.0 Å². The van der Waals surface area contributed by atoms with Crippen LogP contribution < -0.4 is 15.4 Å². The smallest absolute Gasteiger partial charge is 0.229 e. The average Bonchev–Trinajstić information content (AvgIpc) is 2.61. The number of thioether (sulfide) groups is 1. The Bertz CT molecular complexity index is 956. The van der Waals surface area contributed by atoms with Crippen LogP contribution in [0.2, 0.25) is 5.02 Å². The zero-order valence-electron chi connectivity index (χ0n) is 13.5. The van der Waals surface area contributed by atoms with Gasteiger partial charge in [-0.25, -0.2) is 4.98 Å². The van der Waals surface area contributed by atoms with Crippen molar-refractivity contribution in [3.8, 4) is 5.75 Å². The van der Waals surface area contributed by atoms with Gasteiger partial charge in [-0.1, -0.05) is 17.7 Å². The average molecular weight is 497 g/mol. The van der Waals surface area contributed by atoms with Gasteiger partial charge in [-0.3, -0.25) is 0 Å². The highest BCUT2D eigenvalue weighted by Crippen LogP contribution is 2.29. The first-order valence-corrected chi connectivity index (χ1v) is 10.3. The van der Waals surface area contributed by atoms with Gasteiger partial charge in [0.05, 0.1) is 12.8 Å². The maximum absolute atomic E-state index is 6.27. The first-order chi connectivity index (χ1) is 12.7. The molecule has 26 heavy (non-hydrogen) atoms. The number of nitrogens with zero attached hydrogens (tertiary/aromatic N) is 2. The molecule has 1 aliphatic heterocycles. The fourth-order valence-corrected chi connectivity index (χ4v) is 4.05. The van der Waals surface area contributed by atoms with Gasteiger partial charge in [0.1, 0.15) is 10.8 Å². The molecule has 132 valence electrons. The Labute approximate surface area is 174 Å². The summed E-state index contributed by atoms with van der Waals surface area (Å²) in [5, 5.41) is 6.95. The standard InChI is InChI=1S/C18H14ClIN4OS/c19-16-10-21-18-23-13-6-11(20)7-14(8-13)25-4-5-26-15-3-1-2-12(9-15)22-17(16)24-18/h1-3,6-10H,4-5H2,(H2,21,22,23,24). The van der Waals surface area contributed by atoms with Gasteiger partial charge in [0.25, 0.3) is 0 Å². The number of ether oxygens (including phenoxy) is 1. The van der Waals surface area contributed by atoms with Gasteiger partial charge in [0, 0.05) is 31.7 Å². The molecule has 1 aromatic heterocycles. The molecule has 0 atom stereocenters. The Kier molecular flexibility index (Phi) is 5.37. The molecular weight excluding hydrogens is 483 g/mol. The quantitative estimate of drug-likeness (QED) is 0.389.